The van der Waals surface area contributed by atoms with E-state index in [1.165, 1.54) is 12.0 Å². The quantitative estimate of drug-likeness (QED) is 0.517. The summed E-state index contributed by atoms with van der Waals surface area (Å²) in [6, 6.07) is 10.0. The Bertz CT molecular complexity index is 1110. The van der Waals surface area contributed by atoms with E-state index in [9.17, 15) is 9.59 Å². The third kappa shape index (κ3) is 3.13. The molecule has 0 aliphatic carbocycles. The summed E-state index contributed by atoms with van der Waals surface area (Å²) < 4.78 is 11.0. The fourth-order valence-corrected chi connectivity index (χ4v) is 4.13. The third-order valence-electron chi connectivity index (χ3n) is 5.37. The number of carbonyl (C=O) groups excluding carboxylic acids is 2. The van der Waals surface area contributed by atoms with Crippen molar-refractivity contribution in [2.24, 2.45) is 0 Å². The van der Waals surface area contributed by atoms with Gasteiger partial charge >= 0.3 is 5.97 Å². The topological polar surface area (TPSA) is 75.5 Å². The molecule has 1 aliphatic heterocycles. The van der Waals surface area contributed by atoms with Crippen molar-refractivity contribution < 1.29 is 18.7 Å². The minimum atomic E-state index is -0.852. The van der Waals surface area contributed by atoms with Crippen molar-refractivity contribution in [3.05, 3.63) is 70.8 Å². The van der Waals surface area contributed by atoms with Crippen LogP contribution in [-0.2, 0) is 27.2 Å². The zero-order chi connectivity index (χ0) is 20.7. The molecule has 6 nitrogen and oxygen atoms in total. The maximum Gasteiger partial charge on any atom is 0.328 e. The second-order valence-electron chi connectivity index (χ2n) is 6.98. The number of hydrogen-bond donors (Lipinski definition) is 1. The number of halogens is 1. The van der Waals surface area contributed by atoms with Crippen LogP contribution in [0.2, 0.25) is 0 Å². The Morgan fingerprint density at radius 2 is 2.07 bits per heavy atom. The number of nitrogens with one attached hydrogen (secondary N) is 1. The highest BCUT2D eigenvalue weighted by molar-refractivity contribution is 6.41. The molecule has 1 N–H and O–H groups in total. The molecule has 4 rings (SSSR count). The number of furan rings is 1. The number of hydrogen-bond acceptors (Lipinski definition) is 4. The van der Waals surface area contributed by atoms with E-state index in [2.05, 4.69) is 11.6 Å². The van der Waals surface area contributed by atoms with E-state index < -0.39 is 24.0 Å². The SMILES string of the molecule is C=C(Cl)C(=O)N1[C@@H](c2ccc(CC)o2)c2[nH]c3ccccc3c2C[C@H]1C(=O)OC. The molecule has 1 amide bonds. The Kier molecular flexibility index (Phi) is 4.96. The molecule has 0 saturated carbocycles. The van der Waals surface area contributed by atoms with Gasteiger partial charge in [-0.2, -0.15) is 0 Å². The minimum Gasteiger partial charge on any atom is -0.467 e. The number of H-pyrrole nitrogens is 1. The molecule has 29 heavy (non-hydrogen) atoms. The molecule has 0 fully saturated rings. The molecule has 1 aromatic carbocycles. The summed E-state index contributed by atoms with van der Waals surface area (Å²) in [6.07, 6.45) is 1.02. The van der Waals surface area contributed by atoms with Gasteiger partial charge in [-0.25, -0.2) is 4.79 Å². The van der Waals surface area contributed by atoms with E-state index in [0.29, 0.717) is 18.6 Å². The number of rotatable bonds is 4. The lowest BCUT2D eigenvalue weighted by molar-refractivity contribution is -0.153. The van der Waals surface area contributed by atoms with Crippen LogP contribution in [0.1, 0.15) is 35.7 Å². The number of nitrogens with zero attached hydrogens (tertiary/aromatic N) is 1. The monoisotopic (exact) mass is 412 g/mol. The van der Waals surface area contributed by atoms with E-state index in [0.717, 1.165) is 27.9 Å². The van der Waals surface area contributed by atoms with Crippen molar-refractivity contribution >= 4 is 34.4 Å². The van der Waals surface area contributed by atoms with Crippen LogP contribution >= 0.6 is 11.6 Å². The van der Waals surface area contributed by atoms with Crippen molar-refractivity contribution in [3.8, 4) is 0 Å². The molecule has 0 radical (unpaired) electrons. The molecule has 0 saturated heterocycles. The average molecular weight is 413 g/mol. The van der Waals surface area contributed by atoms with Gasteiger partial charge in [-0.1, -0.05) is 43.3 Å². The van der Waals surface area contributed by atoms with Crippen molar-refractivity contribution in [3.63, 3.8) is 0 Å². The van der Waals surface area contributed by atoms with Gasteiger partial charge in [-0.05, 0) is 23.8 Å². The van der Waals surface area contributed by atoms with Gasteiger partial charge < -0.3 is 19.0 Å². The summed E-state index contributed by atoms with van der Waals surface area (Å²) in [7, 11) is 1.31. The Morgan fingerprint density at radius 3 is 2.72 bits per heavy atom. The van der Waals surface area contributed by atoms with Crippen LogP contribution in [0.3, 0.4) is 0 Å². The highest BCUT2D eigenvalue weighted by Gasteiger charge is 2.45. The van der Waals surface area contributed by atoms with Crippen LogP contribution in [0.4, 0.5) is 0 Å². The van der Waals surface area contributed by atoms with Crippen LogP contribution in [0.25, 0.3) is 10.9 Å². The first kappa shape index (κ1) is 19.3. The van der Waals surface area contributed by atoms with Gasteiger partial charge in [0.25, 0.3) is 5.91 Å². The molecule has 3 aromatic rings. The number of methoxy groups -OCH3 is 1. The number of amides is 1. The van der Waals surface area contributed by atoms with E-state index in [1.807, 2.05) is 43.3 Å². The van der Waals surface area contributed by atoms with Crippen molar-refractivity contribution in [1.82, 2.24) is 9.88 Å². The summed E-state index contributed by atoms with van der Waals surface area (Å²) in [5.74, 6) is 0.287. The molecular weight excluding hydrogens is 392 g/mol. The molecule has 0 unspecified atom stereocenters. The average Bonchev–Trinajstić information content (AvgIpc) is 3.35. The number of fused-ring (bicyclic) bond motifs is 3. The number of aromatic amines is 1. The predicted octanol–water partition coefficient (Wildman–Crippen LogP) is 4.09. The Morgan fingerprint density at radius 1 is 1.31 bits per heavy atom. The fraction of sp³-hybridized carbons (Fsp3) is 0.273. The molecule has 0 spiro atoms. The standard InChI is InChI=1S/C22H21ClN2O4/c1-4-13-9-10-18(29-13)20-19-15(14-7-5-6-8-16(14)24-19)11-17(22(27)28-3)25(20)21(26)12(2)23/h5-10,17,20,24H,2,4,11H2,1,3H3/t17-,20-/m0/s1. The lowest BCUT2D eigenvalue weighted by Gasteiger charge is -2.39. The van der Waals surface area contributed by atoms with Gasteiger partial charge in [0.2, 0.25) is 0 Å². The lowest BCUT2D eigenvalue weighted by Crippen LogP contribution is -2.51. The zero-order valence-electron chi connectivity index (χ0n) is 16.2. The largest absolute Gasteiger partial charge is 0.467 e. The van der Waals surface area contributed by atoms with Gasteiger partial charge in [0.1, 0.15) is 23.6 Å². The smallest absolute Gasteiger partial charge is 0.328 e. The van der Waals surface area contributed by atoms with Crippen molar-refractivity contribution in [2.45, 2.75) is 31.8 Å². The van der Waals surface area contributed by atoms with Gasteiger partial charge in [0.05, 0.1) is 17.8 Å². The van der Waals surface area contributed by atoms with Crippen LogP contribution in [0.15, 0.2) is 52.4 Å². The summed E-state index contributed by atoms with van der Waals surface area (Å²) in [5.41, 5.74) is 2.68. The number of aryl methyl sites for hydroxylation is 1. The molecule has 1 aliphatic rings. The summed E-state index contributed by atoms with van der Waals surface area (Å²) in [6.45, 7) is 5.56. The number of esters is 1. The van der Waals surface area contributed by atoms with Crippen LogP contribution in [0.5, 0.6) is 0 Å². The second-order valence-corrected chi connectivity index (χ2v) is 7.44. The molecule has 0 bridgehead atoms. The van der Waals surface area contributed by atoms with E-state index in [1.54, 1.807) is 0 Å². The maximum absolute atomic E-state index is 13.0. The van der Waals surface area contributed by atoms with Crippen molar-refractivity contribution in [2.75, 3.05) is 7.11 Å². The van der Waals surface area contributed by atoms with Crippen LogP contribution in [0, 0.1) is 0 Å². The van der Waals surface area contributed by atoms with E-state index in [-0.39, 0.29) is 5.03 Å². The zero-order valence-corrected chi connectivity index (χ0v) is 17.0. The molecule has 7 heteroatoms. The normalized spacial score (nSPS) is 18.5. The Labute approximate surface area is 173 Å². The highest BCUT2D eigenvalue weighted by Crippen LogP contribution is 2.42. The summed E-state index contributed by atoms with van der Waals surface area (Å²) in [4.78, 5) is 30.6. The molecule has 3 heterocycles. The second kappa shape index (κ2) is 7.44. The van der Waals surface area contributed by atoms with Gasteiger partial charge in [0.15, 0.2) is 0 Å². The first-order chi connectivity index (χ1) is 14.0. The fourth-order valence-electron chi connectivity index (χ4n) is 4.03. The number of benzene rings is 1. The molecule has 150 valence electrons. The van der Waals surface area contributed by atoms with Crippen LogP contribution in [-0.4, -0.2) is 34.9 Å². The Hall–Kier alpha value is -2.99. The first-order valence-corrected chi connectivity index (χ1v) is 9.77. The van der Waals surface area contributed by atoms with Crippen molar-refractivity contribution in [1.29, 1.82) is 0 Å². The predicted molar refractivity (Wildman–Crippen MR) is 110 cm³/mol. The third-order valence-corrected chi connectivity index (χ3v) is 5.53. The highest BCUT2D eigenvalue weighted by atomic mass is 35.5. The van der Waals surface area contributed by atoms with Gasteiger partial charge in [-0.15, -0.1) is 0 Å². The number of ether oxygens (including phenoxy) is 1. The number of carbonyl (C=O) groups is 2. The summed E-state index contributed by atoms with van der Waals surface area (Å²) in [5, 5.41) is 0.825. The molecule has 2 atom stereocenters. The summed E-state index contributed by atoms with van der Waals surface area (Å²) >= 11 is 5.99. The van der Waals surface area contributed by atoms with Crippen LogP contribution < -0.4 is 0 Å². The minimum absolute atomic E-state index is 0.175. The molecule has 2 aromatic heterocycles. The Balaban J connectivity index is 1.98. The van der Waals surface area contributed by atoms with Gasteiger partial charge in [-0.3, -0.25) is 4.79 Å². The maximum atomic E-state index is 13.0. The van der Waals surface area contributed by atoms with E-state index in [4.69, 9.17) is 20.8 Å². The number of para-hydroxylation sites is 1. The first-order valence-electron chi connectivity index (χ1n) is 9.39. The number of aromatic nitrogens is 1. The van der Waals surface area contributed by atoms with E-state index >= 15 is 0 Å². The van der Waals surface area contributed by atoms with Gasteiger partial charge in [0, 0.05) is 23.7 Å². The lowest BCUT2D eigenvalue weighted by atomic mass is 9.90. The molecular formula is C22H21ClN2O4.